The van der Waals surface area contributed by atoms with E-state index < -0.39 is 0 Å². The van der Waals surface area contributed by atoms with Crippen molar-refractivity contribution in [2.45, 2.75) is 83.8 Å². The van der Waals surface area contributed by atoms with Crippen LogP contribution in [0, 0.1) is 5.92 Å². The van der Waals surface area contributed by atoms with E-state index in [1.807, 2.05) is 0 Å². The summed E-state index contributed by atoms with van der Waals surface area (Å²) in [4.78, 5) is 2.86. The second-order valence-corrected chi connectivity index (χ2v) is 7.48. The van der Waals surface area contributed by atoms with Crippen molar-refractivity contribution in [3.8, 4) is 0 Å². The Balaban J connectivity index is 1.95. The Kier molecular flexibility index (Phi) is 4.71. The van der Waals surface area contributed by atoms with Gasteiger partial charge in [-0.25, -0.2) is 0 Å². The maximum atomic E-state index is 3.70. The first kappa shape index (κ1) is 14.3. The lowest BCUT2D eigenvalue weighted by atomic mass is 9.98. The predicted molar refractivity (Wildman–Crippen MR) is 78.9 cm³/mol. The molecule has 2 heteroatoms. The SMILES string of the molecule is CC(C)CCN(C1CCCC1)C1CNC(C)(C)C1. The van der Waals surface area contributed by atoms with Crippen molar-refractivity contribution >= 4 is 0 Å². The fourth-order valence-electron chi connectivity index (χ4n) is 3.67. The van der Waals surface area contributed by atoms with E-state index in [2.05, 4.69) is 37.9 Å². The molecule has 0 aromatic heterocycles. The lowest BCUT2D eigenvalue weighted by Gasteiger charge is -2.35. The molecule has 1 saturated carbocycles. The van der Waals surface area contributed by atoms with Gasteiger partial charge in [0.05, 0.1) is 0 Å². The third kappa shape index (κ3) is 3.71. The highest BCUT2D eigenvalue weighted by Crippen LogP contribution is 2.30. The van der Waals surface area contributed by atoms with Crippen LogP contribution in [0.4, 0.5) is 0 Å². The summed E-state index contributed by atoms with van der Waals surface area (Å²) >= 11 is 0. The third-order valence-electron chi connectivity index (χ3n) is 4.79. The van der Waals surface area contributed by atoms with Crippen LogP contribution in [0.3, 0.4) is 0 Å². The summed E-state index contributed by atoms with van der Waals surface area (Å²) in [6.07, 6.45) is 8.46. The molecule has 1 aliphatic heterocycles. The Morgan fingerprint density at radius 3 is 2.33 bits per heavy atom. The second-order valence-electron chi connectivity index (χ2n) is 7.48. The molecule has 0 bridgehead atoms. The van der Waals surface area contributed by atoms with Crippen LogP contribution in [-0.2, 0) is 0 Å². The predicted octanol–water partition coefficient (Wildman–Crippen LogP) is 3.42. The van der Waals surface area contributed by atoms with E-state index in [1.165, 1.54) is 51.6 Å². The Labute approximate surface area is 114 Å². The van der Waals surface area contributed by atoms with E-state index in [-0.39, 0.29) is 0 Å². The molecule has 2 nitrogen and oxygen atoms in total. The van der Waals surface area contributed by atoms with Crippen LogP contribution in [-0.4, -0.2) is 35.6 Å². The maximum absolute atomic E-state index is 3.70. The van der Waals surface area contributed by atoms with E-state index in [9.17, 15) is 0 Å². The van der Waals surface area contributed by atoms with Crippen LogP contribution in [0.2, 0.25) is 0 Å². The van der Waals surface area contributed by atoms with Gasteiger partial charge in [-0.05, 0) is 52.0 Å². The molecule has 1 unspecified atom stereocenters. The van der Waals surface area contributed by atoms with Crippen molar-refractivity contribution in [1.82, 2.24) is 10.2 Å². The average molecular weight is 252 g/mol. The van der Waals surface area contributed by atoms with Gasteiger partial charge in [0.1, 0.15) is 0 Å². The minimum absolute atomic E-state index is 0.347. The van der Waals surface area contributed by atoms with Gasteiger partial charge < -0.3 is 5.32 Å². The Morgan fingerprint density at radius 1 is 1.17 bits per heavy atom. The Hall–Kier alpha value is -0.0800. The molecule has 1 N–H and O–H groups in total. The van der Waals surface area contributed by atoms with E-state index >= 15 is 0 Å². The molecular formula is C16H32N2. The minimum atomic E-state index is 0.347. The van der Waals surface area contributed by atoms with E-state index in [1.54, 1.807) is 0 Å². The number of nitrogens with one attached hydrogen (secondary N) is 1. The van der Waals surface area contributed by atoms with Crippen molar-refractivity contribution in [3.05, 3.63) is 0 Å². The van der Waals surface area contributed by atoms with Gasteiger partial charge in [-0.2, -0.15) is 0 Å². The number of hydrogen-bond acceptors (Lipinski definition) is 2. The summed E-state index contributed by atoms with van der Waals surface area (Å²) in [6, 6.07) is 1.66. The molecule has 2 rings (SSSR count). The molecule has 1 atom stereocenters. The van der Waals surface area contributed by atoms with E-state index in [0.29, 0.717) is 5.54 Å². The minimum Gasteiger partial charge on any atom is -0.310 e. The maximum Gasteiger partial charge on any atom is 0.0241 e. The summed E-state index contributed by atoms with van der Waals surface area (Å²) in [5, 5.41) is 3.70. The van der Waals surface area contributed by atoms with Gasteiger partial charge in [0.25, 0.3) is 0 Å². The van der Waals surface area contributed by atoms with Crippen LogP contribution in [0.5, 0.6) is 0 Å². The summed E-state index contributed by atoms with van der Waals surface area (Å²) in [7, 11) is 0. The number of rotatable bonds is 5. The van der Waals surface area contributed by atoms with Gasteiger partial charge >= 0.3 is 0 Å². The number of nitrogens with zero attached hydrogens (tertiary/aromatic N) is 1. The van der Waals surface area contributed by atoms with Gasteiger partial charge in [0, 0.05) is 24.2 Å². The highest BCUT2D eigenvalue weighted by molar-refractivity contribution is 4.96. The van der Waals surface area contributed by atoms with Crippen molar-refractivity contribution in [1.29, 1.82) is 0 Å². The van der Waals surface area contributed by atoms with Crippen molar-refractivity contribution in [2.24, 2.45) is 5.92 Å². The van der Waals surface area contributed by atoms with Gasteiger partial charge in [0.2, 0.25) is 0 Å². The second kappa shape index (κ2) is 5.92. The standard InChI is InChI=1S/C16H32N2/c1-13(2)9-10-18(14-7-5-6-8-14)15-11-16(3,4)17-12-15/h13-15,17H,5-12H2,1-4H3. The Morgan fingerprint density at radius 2 is 1.83 bits per heavy atom. The van der Waals surface area contributed by atoms with E-state index in [4.69, 9.17) is 0 Å². The zero-order valence-electron chi connectivity index (χ0n) is 12.8. The smallest absolute Gasteiger partial charge is 0.0241 e. The van der Waals surface area contributed by atoms with Crippen LogP contribution >= 0.6 is 0 Å². The fourth-order valence-corrected chi connectivity index (χ4v) is 3.67. The molecule has 0 amide bonds. The lowest BCUT2D eigenvalue weighted by Crippen LogP contribution is -2.44. The quantitative estimate of drug-likeness (QED) is 0.806. The van der Waals surface area contributed by atoms with Gasteiger partial charge in [-0.1, -0.05) is 26.7 Å². The topological polar surface area (TPSA) is 15.3 Å². The van der Waals surface area contributed by atoms with Crippen LogP contribution < -0.4 is 5.32 Å². The van der Waals surface area contributed by atoms with Crippen molar-refractivity contribution in [3.63, 3.8) is 0 Å². The highest BCUT2D eigenvalue weighted by Gasteiger charge is 2.37. The van der Waals surface area contributed by atoms with Crippen LogP contribution in [0.25, 0.3) is 0 Å². The summed E-state index contributed by atoms with van der Waals surface area (Å²) < 4.78 is 0. The molecule has 0 aromatic rings. The van der Waals surface area contributed by atoms with Crippen LogP contribution in [0.15, 0.2) is 0 Å². The first-order valence-corrected chi connectivity index (χ1v) is 7.99. The highest BCUT2D eigenvalue weighted by atomic mass is 15.2. The largest absolute Gasteiger partial charge is 0.310 e. The summed E-state index contributed by atoms with van der Waals surface area (Å²) in [5.74, 6) is 0.830. The zero-order valence-corrected chi connectivity index (χ0v) is 12.8. The summed E-state index contributed by atoms with van der Waals surface area (Å²) in [6.45, 7) is 11.9. The molecule has 0 spiro atoms. The van der Waals surface area contributed by atoms with Gasteiger partial charge in [-0.3, -0.25) is 4.90 Å². The van der Waals surface area contributed by atoms with Crippen molar-refractivity contribution in [2.75, 3.05) is 13.1 Å². The molecule has 1 heterocycles. The third-order valence-corrected chi connectivity index (χ3v) is 4.79. The Bertz CT molecular complexity index is 254. The summed E-state index contributed by atoms with van der Waals surface area (Å²) in [5.41, 5.74) is 0.347. The molecule has 0 radical (unpaired) electrons. The monoisotopic (exact) mass is 252 g/mol. The molecule has 18 heavy (non-hydrogen) atoms. The lowest BCUT2D eigenvalue weighted by molar-refractivity contribution is 0.133. The number of hydrogen-bond donors (Lipinski definition) is 1. The molecule has 106 valence electrons. The molecule has 0 aromatic carbocycles. The van der Waals surface area contributed by atoms with E-state index in [0.717, 1.165) is 18.0 Å². The van der Waals surface area contributed by atoms with Gasteiger partial charge in [0.15, 0.2) is 0 Å². The first-order valence-electron chi connectivity index (χ1n) is 7.99. The fraction of sp³-hybridized carbons (Fsp3) is 1.00. The van der Waals surface area contributed by atoms with Crippen molar-refractivity contribution < 1.29 is 0 Å². The molecule has 2 fully saturated rings. The molecular weight excluding hydrogens is 220 g/mol. The average Bonchev–Trinajstić information content (AvgIpc) is 2.88. The normalized spacial score (nSPS) is 28.7. The van der Waals surface area contributed by atoms with Gasteiger partial charge in [-0.15, -0.1) is 0 Å². The first-order chi connectivity index (χ1) is 8.48. The van der Waals surface area contributed by atoms with Crippen LogP contribution in [0.1, 0.15) is 66.2 Å². The molecule has 2 aliphatic rings. The zero-order chi connectivity index (χ0) is 13.2. The molecule has 1 saturated heterocycles. The molecule has 1 aliphatic carbocycles.